The minimum atomic E-state index is -2.50. The van der Waals surface area contributed by atoms with Gasteiger partial charge in [0.05, 0.1) is 0 Å². The molecule has 0 aliphatic carbocycles. The van der Waals surface area contributed by atoms with Crippen LogP contribution in [-0.2, 0) is 0 Å². The zero-order valence-corrected chi connectivity index (χ0v) is 9.30. The molecule has 2 nitrogen and oxygen atoms in total. The van der Waals surface area contributed by atoms with E-state index in [2.05, 4.69) is 0 Å². The average Bonchev–Trinajstić information content (AvgIpc) is 2.19. The Labute approximate surface area is 89.3 Å². The van der Waals surface area contributed by atoms with Gasteiger partial charge in [-0.05, 0) is 30.7 Å². The van der Waals surface area contributed by atoms with E-state index in [-0.39, 0.29) is 11.6 Å². The Hall–Kier alpha value is -1.16. The third kappa shape index (κ3) is 4.25. The van der Waals surface area contributed by atoms with Gasteiger partial charge in [0.1, 0.15) is 0 Å². The lowest BCUT2D eigenvalue weighted by Crippen LogP contribution is -2.06. The van der Waals surface area contributed by atoms with Gasteiger partial charge in [0.25, 0.3) is 6.43 Å². The molecule has 1 atom stereocenters. The predicted octanol–water partition coefficient (Wildman–Crippen LogP) is 3.25. The molecule has 4 N–H and O–H groups in total. The van der Waals surface area contributed by atoms with Crippen LogP contribution < -0.4 is 11.5 Å². The summed E-state index contributed by atoms with van der Waals surface area (Å²) in [6, 6.07) is 3.97. The van der Waals surface area contributed by atoms with Crippen LogP contribution in [0, 0.1) is 0 Å². The van der Waals surface area contributed by atoms with Crippen LogP contribution in [0.15, 0.2) is 18.2 Å². The summed E-state index contributed by atoms with van der Waals surface area (Å²) < 4.78 is 24.6. The van der Waals surface area contributed by atoms with Gasteiger partial charge in [-0.25, -0.2) is 8.78 Å². The topological polar surface area (TPSA) is 52.0 Å². The van der Waals surface area contributed by atoms with E-state index in [0.717, 1.165) is 0 Å². The molecule has 1 aromatic carbocycles. The molecule has 0 spiro atoms. The molecule has 0 saturated heterocycles. The fourth-order valence-electron chi connectivity index (χ4n) is 1.09. The number of hydrogen-bond donors (Lipinski definition) is 2. The zero-order chi connectivity index (χ0) is 12.0. The summed E-state index contributed by atoms with van der Waals surface area (Å²) in [4.78, 5) is 0. The highest BCUT2D eigenvalue weighted by atomic mass is 19.3. The van der Waals surface area contributed by atoms with Gasteiger partial charge >= 0.3 is 0 Å². The van der Waals surface area contributed by atoms with E-state index in [1.165, 1.54) is 12.1 Å². The van der Waals surface area contributed by atoms with Crippen molar-refractivity contribution in [3.8, 4) is 0 Å². The normalized spacial score (nSPS) is 11.9. The Morgan fingerprint density at radius 3 is 1.93 bits per heavy atom. The summed E-state index contributed by atoms with van der Waals surface area (Å²) in [6.07, 6.45) is -2.50. The third-order valence-corrected chi connectivity index (χ3v) is 1.78. The van der Waals surface area contributed by atoms with Crippen molar-refractivity contribution < 1.29 is 8.78 Å². The number of rotatable bonds is 2. The third-order valence-electron chi connectivity index (χ3n) is 1.78. The number of halogens is 2. The fraction of sp³-hybridized carbons (Fsp3) is 0.455. The Bertz CT molecular complexity index is 272. The van der Waals surface area contributed by atoms with Gasteiger partial charge < -0.3 is 11.5 Å². The van der Waals surface area contributed by atoms with Gasteiger partial charge in [-0.3, -0.25) is 0 Å². The smallest absolute Gasteiger partial charge is 0.263 e. The Morgan fingerprint density at radius 1 is 1.07 bits per heavy atom. The lowest BCUT2D eigenvalue weighted by atomic mass is 10.0. The first-order valence-corrected chi connectivity index (χ1v) is 4.95. The van der Waals surface area contributed by atoms with Crippen molar-refractivity contribution in [1.29, 1.82) is 0 Å². The number of nitrogen functional groups attached to an aromatic ring is 1. The molecule has 86 valence electrons. The number of benzene rings is 1. The van der Waals surface area contributed by atoms with Crippen LogP contribution in [0.1, 0.15) is 44.4 Å². The molecule has 0 heterocycles. The van der Waals surface area contributed by atoms with E-state index in [1.54, 1.807) is 13.0 Å². The second-order valence-corrected chi connectivity index (χ2v) is 3.02. The van der Waals surface area contributed by atoms with Gasteiger partial charge in [0.15, 0.2) is 0 Å². The Kier molecular flexibility index (Phi) is 5.86. The van der Waals surface area contributed by atoms with Crippen LogP contribution in [0.2, 0.25) is 0 Å². The number of anilines is 1. The van der Waals surface area contributed by atoms with Gasteiger partial charge in [-0.2, -0.15) is 0 Å². The molecule has 1 aromatic rings. The van der Waals surface area contributed by atoms with Crippen LogP contribution in [-0.4, -0.2) is 0 Å². The van der Waals surface area contributed by atoms with E-state index in [9.17, 15) is 8.78 Å². The van der Waals surface area contributed by atoms with Crippen molar-refractivity contribution >= 4 is 5.69 Å². The minimum Gasteiger partial charge on any atom is -0.399 e. The maximum atomic E-state index is 12.3. The largest absolute Gasteiger partial charge is 0.399 e. The number of hydrogen-bond acceptors (Lipinski definition) is 2. The highest BCUT2D eigenvalue weighted by molar-refractivity contribution is 5.45. The zero-order valence-electron chi connectivity index (χ0n) is 9.30. The van der Waals surface area contributed by atoms with Gasteiger partial charge in [0.2, 0.25) is 0 Å². The average molecular weight is 216 g/mol. The van der Waals surface area contributed by atoms with E-state index >= 15 is 0 Å². The molecule has 0 radical (unpaired) electrons. The van der Waals surface area contributed by atoms with E-state index < -0.39 is 6.43 Å². The standard InChI is InChI=1S/C9H12F2N2.C2H6/c1-5(12)6-2-7(9(10)11)4-8(13)3-6;1-2/h2-5,9H,12-13H2,1H3;1-2H3/t5-;/m1./s1. The maximum absolute atomic E-state index is 12.3. The molecule has 0 aliphatic heterocycles. The van der Waals surface area contributed by atoms with E-state index in [1.807, 2.05) is 13.8 Å². The van der Waals surface area contributed by atoms with Crippen molar-refractivity contribution in [2.45, 2.75) is 33.2 Å². The summed E-state index contributed by atoms with van der Waals surface area (Å²) in [5.41, 5.74) is 11.9. The molecule has 4 heteroatoms. The second-order valence-electron chi connectivity index (χ2n) is 3.02. The quantitative estimate of drug-likeness (QED) is 0.745. The van der Waals surface area contributed by atoms with Crippen LogP contribution in [0.3, 0.4) is 0 Å². The highest BCUT2D eigenvalue weighted by Gasteiger charge is 2.10. The Morgan fingerprint density at radius 2 is 1.53 bits per heavy atom. The Balaban J connectivity index is 0.000000921. The number of alkyl halides is 2. The molecule has 0 unspecified atom stereocenters. The molecular formula is C11H18F2N2. The maximum Gasteiger partial charge on any atom is 0.263 e. The van der Waals surface area contributed by atoms with Crippen molar-refractivity contribution in [3.05, 3.63) is 29.3 Å². The molecule has 0 aromatic heterocycles. The predicted molar refractivity (Wildman–Crippen MR) is 59.8 cm³/mol. The van der Waals surface area contributed by atoms with Gasteiger partial charge in [-0.1, -0.05) is 13.8 Å². The summed E-state index contributed by atoms with van der Waals surface area (Å²) in [5.74, 6) is 0. The molecule has 1 rings (SSSR count). The monoisotopic (exact) mass is 216 g/mol. The molecule has 0 bridgehead atoms. The summed E-state index contributed by atoms with van der Waals surface area (Å²) in [5, 5.41) is 0. The number of nitrogens with two attached hydrogens (primary N) is 2. The second kappa shape index (κ2) is 6.35. The molecule has 0 saturated carbocycles. The van der Waals surface area contributed by atoms with Gasteiger partial charge in [0, 0.05) is 17.3 Å². The fourth-order valence-corrected chi connectivity index (χ4v) is 1.09. The first kappa shape index (κ1) is 13.8. The first-order chi connectivity index (χ1) is 7.00. The van der Waals surface area contributed by atoms with Gasteiger partial charge in [-0.15, -0.1) is 0 Å². The highest BCUT2D eigenvalue weighted by Crippen LogP contribution is 2.24. The van der Waals surface area contributed by atoms with Crippen molar-refractivity contribution in [2.24, 2.45) is 5.73 Å². The molecule has 0 fully saturated rings. The van der Waals surface area contributed by atoms with Crippen molar-refractivity contribution in [3.63, 3.8) is 0 Å². The van der Waals surface area contributed by atoms with Crippen LogP contribution in [0.5, 0.6) is 0 Å². The van der Waals surface area contributed by atoms with E-state index in [4.69, 9.17) is 11.5 Å². The van der Waals surface area contributed by atoms with Crippen LogP contribution in [0.4, 0.5) is 14.5 Å². The van der Waals surface area contributed by atoms with Crippen molar-refractivity contribution in [1.82, 2.24) is 0 Å². The van der Waals surface area contributed by atoms with E-state index in [0.29, 0.717) is 11.3 Å². The summed E-state index contributed by atoms with van der Waals surface area (Å²) in [7, 11) is 0. The SMILES string of the molecule is CC.C[C@@H](N)c1cc(N)cc(C(F)F)c1. The van der Waals surface area contributed by atoms with Crippen LogP contribution >= 0.6 is 0 Å². The lowest BCUT2D eigenvalue weighted by molar-refractivity contribution is 0.151. The molecule has 0 aliphatic rings. The summed E-state index contributed by atoms with van der Waals surface area (Å²) >= 11 is 0. The molecular weight excluding hydrogens is 198 g/mol. The molecule has 0 amide bonds. The van der Waals surface area contributed by atoms with Crippen LogP contribution in [0.25, 0.3) is 0 Å². The lowest BCUT2D eigenvalue weighted by Gasteiger charge is -2.09. The van der Waals surface area contributed by atoms with Crippen molar-refractivity contribution in [2.75, 3.05) is 5.73 Å². The minimum absolute atomic E-state index is 0.0766. The first-order valence-electron chi connectivity index (χ1n) is 4.95. The molecule has 15 heavy (non-hydrogen) atoms. The summed E-state index contributed by atoms with van der Waals surface area (Å²) in [6.45, 7) is 5.73.